The molecule has 1 aromatic carbocycles. The van der Waals surface area contributed by atoms with E-state index in [0.29, 0.717) is 12.0 Å². The molecule has 0 heterocycles. The van der Waals surface area contributed by atoms with Gasteiger partial charge >= 0.3 is 5.97 Å². The number of hydrogen-bond acceptors (Lipinski definition) is 4. The molecule has 0 aliphatic heterocycles. The van der Waals surface area contributed by atoms with Crippen molar-refractivity contribution in [2.45, 2.75) is 32.8 Å². The molecule has 2 N–H and O–H groups in total. The zero-order valence-electron chi connectivity index (χ0n) is 10.8. The van der Waals surface area contributed by atoms with Gasteiger partial charge in [0.2, 0.25) is 0 Å². The van der Waals surface area contributed by atoms with Crippen molar-refractivity contribution < 1.29 is 14.3 Å². The normalized spacial score (nSPS) is 11.9. The third-order valence-corrected chi connectivity index (χ3v) is 2.70. The van der Waals surface area contributed by atoms with E-state index in [0.717, 1.165) is 12.0 Å². The first-order valence-corrected chi connectivity index (χ1v) is 6.08. The molecule has 0 fully saturated rings. The highest BCUT2D eigenvalue weighted by Crippen LogP contribution is 2.09. The van der Waals surface area contributed by atoms with Gasteiger partial charge in [-0.05, 0) is 31.0 Å². The van der Waals surface area contributed by atoms with Gasteiger partial charge in [0.15, 0.2) is 5.78 Å². The average molecular weight is 249 g/mol. The van der Waals surface area contributed by atoms with Gasteiger partial charge in [0, 0.05) is 6.42 Å². The van der Waals surface area contributed by atoms with Crippen molar-refractivity contribution >= 4 is 11.8 Å². The fourth-order valence-electron chi connectivity index (χ4n) is 1.39. The molecule has 1 rings (SSSR count). The van der Waals surface area contributed by atoms with Crippen LogP contribution in [0.4, 0.5) is 0 Å². The molecule has 0 aromatic heterocycles. The predicted octanol–water partition coefficient (Wildman–Crippen LogP) is 1.71. The summed E-state index contributed by atoms with van der Waals surface area (Å²) in [5.74, 6) is -0.356. The Kier molecular flexibility index (Phi) is 5.52. The standard InChI is InChI=1S/C14H19NO3/c1-3-10(2)18-14(17)12-6-4-11(5-7-12)8-13(16)9-15/h4-7,10H,3,8-9,15H2,1-2H3. The van der Waals surface area contributed by atoms with Crippen LogP contribution < -0.4 is 5.73 Å². The fraction of sp³-hybridized carbons (Fsp3) is 0.429. The maximum absolute atomic E-state index is 11.7. The number of ether oxygens (including phenoxy) is 1. The molecule has 0 saturated heterocycles. The Morgan fingerprint density at radius 1 is 1.28 bits per heavy atom. The van der Waals surface area contributed by atoms with Crippen molar-refractivity contribution in [1.82, 2.24) is 0 Å². The second-order valence-electron chi connectivity index (χ2n) is 4.24. The Hall–Kier alpha value is -1.68. The zero-order chi connectivity index (χ0) is 13.5. The minimum Gasteiger partial charge on any atom is -0.459 e. The van der Waals surface area contributed by atoms with E-state index in [1.54, 1.807) is 24.3 Å². The molecular weight excluding hydrogens is 230 g/mol. The molecule has 0 radical (unpaired) electrons. The maximum Gasteiger partial charge on any atom is 0.338 e. The molecule has 98 valence electrons. The van der Waals surface area contributed by atoms with Crippen LogP contribution in [0.15, 0.2) is 24.3 Å². The number of esters is 1. The van der Waals surface area contributed by atoms with Crippen LogP contribution in [0.2, 0.25) is 0 Å². The maximum atomic E-state index is 11.7. The molecule has 0 saturated carbocycles. The lowest BCUT2D eigenvalue weighted by Gasteiger charge is -2.10. The number of carbonyl (C=O) groups excluding carboxylic acids is 2. The molecule has 1 atom stereocenters. The highest BCUT2D eigenvalue weighted by molar-refractivity contribution is 5.89. The second kappa shape index (κ2) is 6.91. The highest BCUT2D eigenvalue weighted by Gasteiger charge is 2.10. The Balaban J connectivity index is 2.65. The quantitative estimate of drug-likeness (QED) is 0.779. The van der Waals surface area contributed by atoms with Crippen molar-refractivity contribution in [2.75, 3.05) is 6.54 Å². The van der Waals surface area contributed by atoms with Gasteiger partial charge in [-0.25, -0.2) is 4.79 Å². The third kappa shape index (κ3) is 4.30. The number of ketones is 1. The predicted molar refractivity (Wildman–Crippen MR) is 69.4 cm³/mol. The lowest BCUT2D eigenvalue weighted by Crippen LogP contribution is -2.16. The summed E-state index contributed by atoms with van der Waals surface area (Å²) in [5, 5.41) is 0. The molecule has 18 heavy (non-hydrogen) atoms. The van der Waals surface area contributed by atoms with Crippen LogP contribution in [0.25, 0.3) is 0 Å². The average Bonchev–Trinajstić information content (AvgIpc) is 2.39. The lowest BCUT2D eigenvalue weighted by molar-refractivity contribution is -0.117. The largest absolute Gasteiger partial charge is 0.459 e. The van der Waals surface area contributed by atoms with E-state index < -0.39 is 0 Å². The van der Waals surface area contributed by atoms with Crippen molar-refractivity contribution in [3.8, 4) is 0 Å². The SMILES string of the molecule is CCC(C)OC(=O)c1ccc(CC(=O)CN)cc1. The molecule has 4 heteroatoms. The van der Waals surface area contributed by atoms with Gasteiger partial charge in [-0.3, -0.25) is 4.79 Å². The van der Waals surface area contributed by atoms with Crippen LogP contribution in [0.1, 0.15) is 36.2 Å². The van der Waals surface area contributed by atoms with Gasteiger partial charge in [-0.1, -0.05) is 19.1 Å². The Morgan fingerprint density at radius 3 is 2.39 bits per heavy atom. The minimum absolute atomic E-state index is 0.0232. The molecule has 0 aliphatic rings. The number of hydrogen-bond donors (Lipinski definition) is 1. The molecule has 0 amide bonds. The molecule has 0 spiro atoms. The third-order valence-electron chi connectivity index (χ3n) is 2.70. The number of benzene rings is 1. The summed E-state index contributed by atoms with van der Waals surface area (Å²) in [4.78, 5) is 22.9. The van der Waals surface area contributed by atoms with E-state index in [1.165, 1.54) is 0 Å². The van der Waals surface area contributed by atoms with E-state index in [9.17, 15) is 9.59 Å². The van der Waals surface area contributed by atoms with Crippen LogP contribution >= 0.6 is 0 Å². The smallest absolute Gasteiger partial charge is 0.338 e. The van der Waals surface area contributed by atoms with E-state index in [1.807, 2.05) is 13.8 Å². The van der Waals surface area contributed by atoms with E-state index in [2.05, 4.69) is 0 Å². The Labute approximate surface area is 107 Å². The van der Waals surface area contributed by atoms with Crippen molar-refractivity contribution in [1.29, 1.82) is 0 Å². The highest BCUT2D eigenvalue weighted by atomic mass is 16.5. The van der Waals surface area contributed by atoms with Gasteiger partial charge < -0.3 is 10.5 Å². The number of rotatable bonds is 6. The van der Waals surface area contributed by atoms with Crippen LogP contribution in [0.5, 0.6) is 0 Å². The molecule has 0 aliphatic carbocycles. The Morgan fingerprint density at radius 2 is 1.89 bits per heavy atom. The lowest BCUT2D eigenvalue weighted by atomic mass is 10.1. The van der Waals surface area contributed by atoms with E-state index in [-0.39, 0.29) is 24.4 Å². The van der Waals surface area contributed by atoms with Crippen LogP contribution in [-0.2, 0) is 16.0 Å². The first-order valence-electron chi connectivity index (χ1n) is 6.08. The van der Waals surface area contributed by atoms with Gasteiger partial charge in [-0.2, -0.15) is 0 Å². The van der Waals surface area contributed by atoms with Crippen LogP contribution in [0.3, 0.4) is 0 Å². The van der Waals surface area contributed by atoms with Gasteiger partial charge in [0.05, 0.1) is 18.2 Å². The van der Waals surface area contributed by atoms with Gasteiger partial charge in [0.25, 0.3) is 0 Å². The molecule has 4 nitrogen and oxygen atoms in total. The first-order chi connectivity index (χ1) is 8.56. The summed E-state index contributed by atoms with van der Waals surface area (Å²) in [5.41, 5.74) is 6.60. The van der Waals surface area contributed by atoms with E-state index >= 15 is 0 Å². The summed E-state index contributed by atoms with van der Waals surface area (Å²) in [6, 6.07) is 6.84. The summed E-state index contributed by atoms with van der Waals surface area (Å²) >= 11 is 0. The van der Waals surface area contributed by atoms with Gasteiger partial charge in [0.1, 0.15) is 0 Å². The topological polar surface area (TPSA) is 69.4 Å². The molecular formula is C14H19NO3. The molecule has 1 unspecified atom stereocenters. The minimum atomic E-state index is -0.332. The van der Waals surface area contributed by atoms with Gasteiger partial charge in [-0.15, -0.1) is 0 Å². The second-order valence-corrected chi connectivity index (χ2v) is 4.24. The van der Waals surface area contributed by atoms with Crippen molar-refractivity contribution in [3.05, 3.63) is 35.4 Å². The fourth-order valence-corrected chi connectivity index (χ4v) is 1.39. The van der Waals surface area contributed by atoms with Crippen LogP contribution in [0, 0.1) is 0 Å². The number of nitrogens with two attached hydrogens (primary N) is 1. The van der Waals surface area contributed by atoms with Crippen LogP contribution in [-0.4, -0.2) is 24.4 Å². The summed E-state index contributed by atoms with van der Waals surface area (Å²) in [6.07, 6.45) is 1.00. The zero-order valence-corrected chi connectivity index (χ0v) is 10.8. The van der Waals surface area contributed by atoms with Crippen molar-refractivity contribution in [2.24, 2.45) is 5.73 Å². The summed E-state index contributed by atoms with van der Waals surface area (Å²) in [7, 11) is 0. The van der Waals surface area contributed by atoms with Crippen molar-refractivity contribution in [3.63, 3.8) is 0 Å². The Bertz CT molecular complexity index is 412. The first kappa shape index (κ1) is 14.4. The monoisotopic (exact) mass is 249 g/mol. The summed E-state index contributed by atoms with van der Waals surface area (Å²) < 4.78 is 5.20. The van der Waals surface area contributed by atoms with E-state index in [4.69, 9.17) is 10.5 Å². The molecule has 0 bridgehead atoms. The number of Topliss-reactive ketones (excluding diaryl/α,β-unsaturated/α-hetero) is 1. The number of carbonyl (C=O) groups is 2. The molecule has 1 aromatic rings. The summed E-state index contributed by atoms with van der Waals surface area (Å²) in [6.45, 7) is 3.85.